The second kappa shape index (κ2) is 17.2. The predicted molar refractivity (Wildman–Crippen MR) is 200 cm³/mol. The maximum Gasteiger partial charge on any atom is 0.303 e. The van der Waals surface area contributed by atoms with E-state index in [2.05, 4.69) is 59.9 Å². The van der Waals surface area contributed by atoms with Gasteiger partial charge in [0.1, 0.15) is 6.10 Å². The zero-order chi connectivity index (χ0) is 36.0. The molecule has 10 atom stereocenters. The van der Waals surface area contributed by atoms with Crippen molar-refractivity contribution in [2.24, 2.45) is 39.9 Å². The standard InChI is InChI=1S/C43H73NO5/c1-9-10-11-12-13-14-15-16-17-18-26-44-40(48)32(21-19-20-29(2)3)38-34-27-36(47)39-41(6)24-23-35(46)30(4)33(41)22-25-42(39,7)43(34,8)28-37(38)49-31(5)45/h20,30,33-37,39,46-47H,9-19,21-28H2,1-8H3,(H,44,48)/b38-32-/t30-,33-,34-,35+,36+,37-,39-,41-,42-,43-/m0/s1. The summed E-state index contributed by atoms with van der Waals surface area (Å²) in [6.07, 6.45) is 19.8. The van der Waals surface area contributed by atoms with Crippen LogP contribution in [0.4, 0.5) is 0 Å². The van der Waals surface area contributed by atoms with Gasteiger partial charge in [-0.1, -0.05) is 104 Å². The van der Waals surface area contributed by atoms with Gasteiger partial charge in [0.2, 0.25) is 5.91 Å². The van der Waals surface area contributed by atoms with Crippen molar-refractivity contribution >= 4 is 11.9 Å². The van der Waals surface area contributed by atoms with E-state index >= 15 is 0 Å². The summed E-state index contributed by atoms with van der Waals surface area (Å²) in [5.74, 6) is 0.307. The van der Waals surface area contributed by atoms with E-state index in [0.717, 1.165) is 56.1 Å². The highest BCUT2D eigenvalue weighted by molar-refractivity contribution is 5.94. The van der Waals surface area contributed by atoms with E-state index in [-0.39, 0.29) is 52.0 Å². The van der Waals surface area contributed by atoms with Crippen molar-refractivity contribution in [1.29, 1.82) is 0 Å². The first-order valence-corrected chi connectivity index (χ1v) is 20.4. The molecule has 4 fully saturated rings. The first kappa shape index (κ1) is 40.1. The molecule has 0 spiro atoms. The summed E-state index contributed by atoms with van der Waals surface area (Å²) in [5.41, 5.74) is 2.47. The molecule has 3 N–H and O–H groups in total. The number of hydrogen-bond acceptors (Lipinski definition) is 5. The van der Waals surface area contributed by atoms with Gasteiger partial charge in [-0.05, 0) is 117 Å². The number of allylic oxidation sites excluding steroid dienone is 2. The van der Waals surface area contributed by atoms with Gasteiger partial charge >= 0.3 is 5.97 Å². The van der Waals surface area contributed by atoms with Gasteiger partial charge in [-0.2, -0.15) is 0 Å². The normalized spacial score (nSPS) is 37.8. The summed E-state index contributed by atoms with van der Waals surface area (Å²) in [5, 5.41) is 26.4. The maximum atomic E-state index is 14.2. The molecule has 0 radical (unpaired) electrons. The number of rotatable bonds is 16. The number of carbonyl (C=O) groups excluding carboxylic acids is 2. The number of fused-ring (bicyclic) bond motifs is 5. The Morgan fingerprint density at radius 2 is 1.51 bits per heavy atom. The smallest absolute Gasteiger partial charge is 0.303 e. The molecule has 0 aromatic heterocycles. The molecule has 4 rings (SSSR count). The number of hydrogen-bond donors (Lipinski definition) is 3. The van der Waals surface area contributed by atoms with Crippen LogP contribution in [0, 0.1) is 39.9 Å². The number of ether oxygens (including phenoxy) is 1. The van der Waals surface area contributed by atoms with E-state index in [0.29, 0.717) is 31.7 Å². The van der Waals surface area contributed by atoms with Crippen LogP contribution in [0.5, 0.6) is 0 Å². The van der Waals surface area contributed by atoms with Crippen LogP contribution >= 0.6 is 0 Å². The van der Waals surface area contributed by atoms with E-state index in [1.807, 2.05) is 0 Å². The molecule has 0 aromatic rings. The molecular formula is C43H73NO5. The molecule has 6 nitrogen and oxygen atoms in total. The Bertz CT molecular complexity index is 1190. The Morgan fingerprint density at radius 3 is 2.12 bits per heavy atom. The van der Waals surface area contributed by atoms with Crippen molar-refractivity contribution in [2.75, 3.05) is 6.54 Å². The van der Waals surface area contributed by atoms with Crippen LogP contribution in [0.15, 0.2) is 22.8 Å². The van der Waals surface area contributed by atoms with Crippen LogP contribution in [-0.2, 0) is 14.3 Å². The summed E-state index contributed by atoms with van der Waals surface area (Å²) < 4.78 is 6.17. The largest absolute Gasteiger partial charge is 0.458 e. The van der Waals surface area contributed by atoms with Crippen molar-refractivity contribution in [3.05, 3.63) is 22.8 Å². The van der Waals surface area contributed by atoms with E-state index in [1.54, 1.807) is 0 Å². The van der Waals surface area contributed by atoms with Gasteiger partial charge in [-0.3, -0.25) is 9.59 Å². The van der Waals surface area contributed by atoms with Gasteiger partial charge in [0.15, 0.2) is 0 Å². The molecule has 0 saturated heterocycles. The Morgan fingerprint density at radius 1 is 0.878 bits per heavy atom. The summed E-state index contributed by atoms with van der Waals surface area (Å²) in [6, 6.07) is 0. The second-order valence-corrected chi connectivity index (χ2v) is 17.8. The predicted octanol–water partition coefficient (Wildman–Crippen LogP) is 9.62. The lowest BCUT2D eigenvalue weighted by atomic mass is 9.36. The molecule has 0 aromatic carbocycles. The van der Waals surface area contributed by atoms with Gasteiger partial charge < -0.3 is 20.3 Å². The number of amides is 1. The Kier molecular flexibility index (Phi) is 14.1. The van der Waals surface area contributed by atoms with Crippen molar-refractivity contribution in [2.45, 2.75) is 189 Å². The average molecular weight is 684 g/mol. The van der Waals surface area contributed by atoms with Gasteiger partial charge in [0.25, 0.3) is 0 Å². The Hall–Kier alpha value is -1.66. The summed E-state index contributed by atoms with van der Waals surface area (Å²) >= 11 is 0. The molecule has 49 heavy (non-hydrogen) atoms. The zero-order valence-corrected chi connectivity index (χ0v) is 32.7. The first-order valence-electron chi connectivity index (χ1n) is 20.4. The fraction of sp³-hybridized carbons (Fsp3) is 0.860. The van der Waals surface area contributed by atoms with Gasteiger partial charge in [0, 0.05) is 19.0 Å². The summed E-state index contributed by atoms with van der Waals surface area (Å²) in [4.78, 5) is 26.9. The van der Waals surface area contributed by atoms with Crippen molar-refractivity contribution < 1.29 is 24.5 Å². The summed E-state index contributed by atoms with van der Waals surface area (Å²) in [7, 11) is 0. The minimum Gasteiger partial charge on any atom is -0.458 e. The third kappa shape index (κ3) is 8.53. The molecule has 1 amide bonds. The first-order chi connectivity index (χ1) is 23.2. The monoisotopic (exact) mass is 684 g/mol. The molecule has 280 valence electrons. The molecule has 4 saturated carbocycles. The molecule has 6 heteroatoms. The molecule has 0 bridgehead atoms. The molecular weight excluding hydrogens is 610 g/mol. The van der Waals surface area contributed by atoms with Crippen LogP contribution in [0.2, 0.25) is 0 Å². The SMILES string of the molecule is CCCCCCCCCCCCNC(=O)/C(CCC=C(C)C)=C1\[C@@H](OC(C)=O)C[C@@]2(C)[C@H]1C[C@@H](O)[C@H]1[C@@]3(C)CC[C@@H](O)[C@@H](C)[C@@H]3CC[C@@]12C. The maximum absolute atomic E-state index is 14.2. The van der Waals surface area contributed by atoms with Gasteiger partial charge in [-0.15, -0.1) is 0 Å². The average Bonchev–Trinajstić information content (AvgIpc) is 3.30. The number of aliphatic hydroxyl groups is 2. The number of esters is 1. The van der Waals surface area contributed by atoms with Crippen molar-refractivity contribution in [1.82, 2.24) is 5.32 Å². The minimum absolute atomic E-state index is 0.0259. The van der Waals surface area contributed by atoms with Gasteiger partial charge in [0.05, 0.1) is 12.2 Å². The lowest BCUT2D eigenvalue weighted by molar-refractivity contribution is -0.234. The molecule has 4 aliphatic rings. The van der Waals surface area contributed by atoms with Crippen LogP contribution in [0.25, 0.3) is 0 Å². The highest BCUT2D eigenvalue weighted by atomic mass is 16.5. The van der Waals surface area contributed by atoms with Crippen LogP contribution < -0.4 is 5.32 Å². The molecule has 0 aliphatic heterocycles. The van der Waals surface area contributed by atoms with Gasteiger partial charge in [-0.25, -0.2) is 0 Å². The fourth-order valence-corrected chi connectivity index (χ4v) is 11.7. The van der Waals surface area contributed by atoms with E-state index in [4.69, 9.17) is 4.74 Å². The molecule has 0 heterocycles. The number of aliphatic hydroxyl groups excluding tert-OH is 2. The number of unbranched alkanes of at least 4 members (excludes halogenated alkanes) is 9. The van der Waals surface area contributed by atoms with Crippen molar-refractivity contribution in [3.63, 3.8) is 0 Å². The highest BCUT2D eigenvalue weighted by Gasteiger charge is 2.70. The van der Waals surface area contributed by atoms with Crippen molar-refractivity contribution in [3.8, 4) is 0 Å². The third-order valence-corrected chi connectivity index (χ3v) is 14.4. The van der Waals surface area contributed by atoms with E-state index in [1.165, 1.54) is 63.9 Å². The molecule has 4 aliphatic carbocycles. The summed E-state index contributed by atoms with van der Waals surface area (Å²) in [6.45, 7) is 17.9. The lowest BCUT2D eigenvalue weighted by Gasteiger charge is -2.69. The quantitative estimate of drug-likeness (QED) is 0.0652. The van der Waals surface area contributed by atoms with Crippen LogP contribution in [-0.4, -0.2) is 46.9 Å². The Labute approximate surface area is 299 Å². The topological polar surface area (TPSA) is 95.9 Å². The third-order valence-electron chi connectivity index (χ3n) is 14.4. The highest BCUT2D eigenvalue weighted by Crippen LogP contribution is 2.74. The second-order valence-electron chi connectivity index (χ2n) is 17.8. The Balaban J connectivity index is 1.58. The fourth-order valence-electron chi connectivity index (χ4n) is 11.7. The number of nitrogens with one attached hydrogen (secondary N) is 1. The lowest BCUT2D eigenvalue weighted by Crippen LogP contribution is -2.65. The molecule has 0 unspecified atom stereocenters. The van der Waals surface area contributed by atoms with Crippen LogP contribution in [0.3, 0.4) is 0 Å². The number of carbonyl (C=O) groups is 2. The van der Waals surface area contributed by atoms with E-state index < -0.39 is 12.2 Å². The minimum atomic E-state index is -0.516. The van der Waals surface area contributed by atoms with E-state index in [9.17, 15) is 19.8 Å². The van der Waals surface area contributed by atoms with Crippen LogP contribution in [0.1, 0.15) is 171 Å². The zero-order valence-electron chi connectivity index (χ0n) is 32.7.